The van der Waals surface area contributed by atoms with E-state index in [4.69, 9.17) is 9.47 Å². The Hall–Kier alpha value is -4.06. The normalized spacial score (nSPS) is 17.5. The molecule has 1 fully saturated rings. The van der Waals surface area contributed by atoms with Crippen LogP contribution in [0.4, 0.5) is 0 Å². The predicted octanol–water partition coefficient (Wildman–Crippen LogP) is 11.3. The maximum Gasteiger partial charge on any atom is 0.423 e. The number of benzene rings is 3. The Bertz CT molecular complexity index is 1670. The Morgan fingerprint density at radius 2 is 1.42 bits per heavy atom. The van der Waals surface area contributed by atoms with Crippen molar-refractivity contribution in [1.82, 2.24) is 0 Å². The number of hydrogen-bond acceptors (Lipinski definition) is 6. The molecule has 1 aliphatic carbocycles. The minimum absolute atomic E-state index is 0.0208. The maximum absolute atomic E-state index is 13.7. The molecule has 0 amide bonds. The third kappa shape index (κ3) is 9.58. The highest BCUT2D eigenvalue weighted by Crippen LogP contribution is 2.50. The lowest BCUT2D eigenvalue weighted by Crippen LogP contribution is -2.29. The van der Waals surface area contributed by atoms with E-state index in [0.717, 1.165) is 92.0 Å². The van der Waals surface area contributed by atoms with E-state index in [1.807, 2.05) is 38.1 Å². The summed E-state index contributed by atoms with van der Waals surface area (Å²) in [6, 6.07) is 12.9. The molecular formula is C44H58O6. The number of allylic oxidation sites excluding steroid dienone is 1. The number of unbranched alkanes of at least 4 members (excludes halogenated alkanes) is 4. The van der Waals surface area contributed by atoms with Crippen molar-refractivity contribution in [2.75, 3.05) is 0 Å². The summed E-state index contributed by atoms with van der Waals surface area (Å²) in [6.45, 7) is 18.8. The highest BCUT2D eigenvalue weighted by molar-refractivity contribution is 6.31. The first-order valence-corrected chi connectivity index (χ1v) is 18.8. The van der Waals surface area contributed by atoms with Crippen molar-refractivity contribution in [3.05, 3.63) is 76.9 Å². The molecule has 0 bridgehead atoms. The lowest BCUT2D eigenvalue weighted by molar-refractivity contribution is -0.156. The van der Waals surface area contributed by atoms with Crippen molar-refractivity contribution in [3.8, 4) is 34.1 Å². The fraction of sp³-hybridized carbons (Fsp3) is 0.500. The number of aromatic hydroxyl groups is 2. The van der Waals surface area contributed by atoms with Crippen molar-refractivity contribution in [3.63, 3.8) is 0 Å². The molecule has 0 unspecified atom stereocenters. The van der Waals surface area contributed by atoms with Gasteiger partial charge in [-0.25, -0.2) is 9.59 Å². The Labute approximate surface area is 299 Å². The number of rotatable bonds is 14. The molecule has 0 spiro atoms. The first-order valence-electron chi connectivity index (χ1n) is 18.8. The maximum atomic E-state index is 13.7. The molecule has 1 saturated carbocycles. The van der Waals surface area contributed by atoms with Gasteiger partial charge in [0.05, 0.1) is 5.56 Å². The zero-order valence-corrected chi connectivity index (χ0v) is 31.4. The molecule has 50 heavy (non-hydrogen) atoms. The quantitative estimate of drug-likeness (QED) is 0.0761. The number of carbonyl (C=O) groups excluding carboxylic acids is 2. The smallest absolute Gasteiger partial charge is 0.423 e. The van der Waals surface area contributed by atoms with Crippen LogP contribution in [0.1, 0.15) is 133 Å². The van der Waals surface area contributed by atoms with Gasteiger partial charge >= 0.3 is 11.9 Å². The monoisotopic (exact) mass is 682 g/mol. The molecule has 2 N–H and O–H groups in total. The Kier molecular flexibility index (Phi) is 13.7. The molecule has 1 aliphatic rings. The lowest BCUT2D eigenvalue weighted by atomic mass is 9.67. The number of hydrogen-bond donors (Lipinski definition) is 2. The minimum Gasteiger partial charge on any atom is -0.508 e. The van der Waals surface area contributed by atoms with Crippen LogP contribution in [0.15, 0.2) is 49.0 Å². The molecular weight excluding hydrogens is 624 g/mol. The van der Waals surface area contributed by atoms with Gasteiger partial charge in [0.15, 0.2) is 0 Å². The standard InChI is InChI=1S/C44H58O6/c1-9-11-13-15-31-23-37(45)41(35-21-29(7)17-19-33(35)27(3)4)39(25-31)49-43(47)44(48)50-40-26-32(16-14-12-10-2)24-38(46)42(40)36-22-30(8)18-20-34(36)28(5)6/h17,19,21,23-26,28,30,34,36,45-46H,3,9-16,18,20,22H2,1-2,4-8H3/t30-,34-,36+/m0/s1. The highest BCUT2D eigenvalue weighted by Gasteiger charge is 2.36. The lowest BCUT2D eigenvalue weighted by Gasteiger charge is -2.38. The van der Waals surface area contributed by atoms with Gasteiger partial charge in [0, 0.05) is 5.56 Å². The molecule has 3 aromatic carbocycles. The molecule has 0 aromatic heterocycles. The average Bonchev–Trinajstić information content (AvgIpc) is 3.04. The first kappa shape index (κ1) is 38.7. The average molecular weight is 683 g/mol. The van der Waals surface area contributed by atoms with Crippen LogP contribution in [-0.2, 0) is 22.4 Å². The summed E-state index contributed by atoms with van der Waals surface area (Å²) in [5, 5.41) is 22.9. The second kappa shape index (κ2) is 17.7. The zero-order valence-electron chi connectivity index (χ0n) is 31.4. The fourth-order valence-corrected chi connectivity index (χ4v) is 7.63. The van der Waals surface area contributed by atoms with E-state index in [-0.39, 0.29) is 28.9 Å². The first-order chi connectivity index (χ1) is 23.8. The number of aryl methyl sites for hydroxylation is 3. The van der Waals surface area contributed by atoms with Gasteiger partial charge in [0.2, 0.25) is 0 Å². The van der Waals surface area contributed by atoms with Crippen molar-refractivity contribution in [1.29, 1.82) is 0 Å². The van der Waals surface area contributed by atoms with Gasteiger partial charge in [0.1, 0.15) is 23.0 Å². The van der Waals surface area contributed by atoms with E-state index in [9.17, 15) is 19.8 Å². The summed E-state index contributed by atoms with van der Waals surface area (Å²) < 4.78 is 11.8. The fourth-order valence-electron chi connectivity index (χ4n) is 7.63. The third-order valence-corrected chi connectivity index (χ3v) is 10.3. The highest BCUT2D eigenvalue weighted by atomic mass is 16.6. The molecule has 4 rings (SSSR count). The Morgan fingerprint density at radius 1 is 0.840 bits per heavy atom. The van der Waals surface area contributed by atoms with Crippen molar-refractivity contribution in [2.45, 2.75) is 125 Å². The summed E-state index contributed by atoms with van der Waals surface area (Å²) in [7, 11) is 0. The van der Waals surface area contributed by atoms with Crippen molar-refractivity contribution >= 4 is 17.5 Å². The molecule has 270 valence electrons. The van der Waals surface area contributed by atoms with E-state index in [0.29, 0.717) is 40.9 Å². The molecule has 0 aliphatic heterocycles. The number of ether oxygens (including phenoxy) is 2. The molecule has 0 saturated heterocycles. The number of phenolic OH excluding ortho intramolecular Hbond substituents is 2. The topological polar surface area (TPSA) is 93.1 Å². The van der Waals surface area contributed by atoms with E-state index in [1.165, 1.54) is 0 Å². The van der Waals surface area contributed by atoms with Gasteiger partial charge in [-0.15, -0.1) is 0 Å². The van der Waals surface area contributed by atoms with Crippen LogP contribution in [0.2, 0.25) is 0 Å². The van der Waals surface area contributed by atoms with Crippen LogP contribution >= 0.6 is 0 Å². The second-order valence-corrected chi connectivity index (χ2v) is 15.0. The van der Waals surface area contributed by atoms with Gasteiger partial charge in [0.25, 0.3) is 0 Å². The van der Waals surface area contributed by atoms with Crippen LogP contribution in [0.5, 0.6) is 23.0 Å². The summed E-state index contributed by atoms with van der Waals surface area (Å²) in [4.78, 5) is 27.4. The number of esters is 2. The van der Waals surface area contributed by atoms with Gasteiger partial charge in [-0.1, -0.05) is 103 Å². The van der Waals surface area contributed by atoms with Gasteiger partial charge in [-0.05, 0) is 123 Å². The molecule has 3 atom stereocenters. The molecule has 3 aromatic rings. The van der Waals surface area contributed by atoms with Crippen molar-refractivity contribution < 1.29 is 29.3 Å². The minimum atomic E-state index is -1.19. The third-order valence-electron chi connectivity index (χ3n) is 10.3. The molecule has 0 heterocycles. The van der Waals surface area contributed by atoms with Crippen LogP contribution in [0.3, 0.4) is 0 Å². The van der Waals surface area contributed by atoms with Gasteiger partial charge in [-0.3, -0.25) is 0 Å². The van der Waals surface area contributed by atoms with Crippen LogP contribution in [-0.4, -0.2) is 22.2 Å². The van der Waals surface area contributed by atoms with Gasteiger partial charge in [-0.2, -0.15) is 0 Å². The summed E-state index contributed by atoms with van der Waals surface area (Å²) in [5.41, 5.74) is 5.77. The summed E-state index contributed by atoms with van der Waals surface area (Å²) >= 11 is 0. The Morgan fingerprint density at radius 3 is 2.00 bits per heavy atom. The summed E-state index contributed by atoms with van der Waals surface area (Å²) in [5.74, 6) is -0.892. The van der Waals surface area contributed by atoms with E-state index >= 15 is 0 Å². The second-order valence-electron chi connectivity index (χ2n) is 15.0. The van der Waals surface area contributed by atoms with E-state index < -0.39 is 11.9 Å². The largest absolute Gasteiger partial charge is 0.508 e. The molecule has 0 radical (unpaired) electrons. The molecule has 6 nitrogen and oxygen atoms in total. The Balaban J connectivity index is 1.75. The van der Waals surface area contributed by atoms with Crippen LogP contribution < -0.4 is 9.47 Å². The predicted molar refractivity (Wildman–Crippen MR) is 203 cm³/mol. The number of carbonyl (C=O) groups is 2. The number of phenols is 2. The SMILES string of the molecule is C=C(C)c1ccc(C)cc1-c1c(O)cc(CCCCC)cc1OC(=O)C(=O)Oc1cc(CCCCC)cc(O)c1[C@@H]1C[C@@H](C)CC[C@H]1C(C)C. The van der Waals surface area contributed by atoms with E-state index in [2.05, 4.69) is 41.2 Å². The van der Waals surface area contributed by atoms with E-state index in [1.54, 1.807) is 18.2 Å². The van der Waals surface area contributed by atoms with Crippen LogP contribution in [0.25, 0.3) is 16.7 Å². The van der Waals surface area contributed by atoms with Gasteiger partial charge < -0.3 is 19.7 Å². The van der Waals surface area contributed by atoms with Crippen LogP contribution in [0, 0.1) is 24.7 Å². The zero-order chi connectivity index (χ0) is 36.5. The van der Waals surface area contributed by atoms with Crippen molar-refractivity contribution in [2.24, 2.45) is 17.8 Å². The summed E-state index contributed by atoms with van der Waals surface area (Å²) in [6.07, 6.45) is 10.4. The molecule has 6 heteroatoms.